The number of hydrogen-bond donors (Lipinski definition) is 2. The van der Waals surface area contributed by atoms with Crippen molar-refractivity contribution in [3.05, 3.63) is 84.4 Å². The van der Waals surface area contributed by atoms with E-state index >= 15 is 0 Å². The molecule has 0 saturated carbocycles. The maximum atomic E-state index is 12.0. The summed E-state index contributed by atoms with van der Waals surface area (Å²) in [6.07, 6.45) is 0.778. The van der Waals surface area contributed by atoms with Crippen LogP contribution in [-0.4, -0.2) is 25.0 Å². The van der Waals surface area contributed by atoms with Crippen LogP contribution in [0.4, 0.5) is 0 Å². The number of carbonyl (C=O) groups excluding carboxylic acids is 2. The van der Waals surface area contributed by atoms with Crippen molar-refractivity contribution in [1.29, 1.82) is 0 Å². The van der Waals surface area contributed by atoms with E-state index in [0.717, 1.165) is 22.4 Å². The lowest BCUT2D eigenvalue weighted by atomic mass is 10.1. The van der Waals surface area contributed by atoms with Crippen molar-refractivity contribution < 1.29 is 19.1 Å². The van der Waals surface area contributed by atoms with E-state index in [4.69, 9.17) is 9.47 Å². The maximum absolute atomic E-state index is 12.0. The first-order chi connectivity index (χ1) is 15.1. The number of amides is 2. The fourth-order valence-corrected chi connectivity index (χ4v) is 2.96. The van der Waals surface area contributed by atoms with Gasteiger partial charge in [-0.15, -0.1) is 0 Å². The van der Waals surface area contributed by atoms with E-state index in [0.29, 0.717) is 18.8 Å². The molecule has 3 aromatic rings. The maximum Gasteiger partial charge on any atom is 0.276 e. The molecule has 3 rings (SSSR count). The predicted molar refractivity (Wildman–Crippen MR) is 120 cm³/mol. The highest BCUT2D eigenvalue weighted by molar-refractivity contribution is 5.83. The smallest absolute Gasteiger partial charge is 0.276 e. The molecule has 160 valence electrons. The highest BCUT2D eigenvalue weighted by Crippen LogP contribution is 2.29. The third-order valence-corrected chi connectivity index (χ3v) is 4.48. The molecule has 0 saturated heterocycles. The van der Waals surface area contributed by atoms with Crippen LogP contribution in [0, 0.1) is 6.92 Å². The van der Waals surface area contributed by atoms with Gasteiger partial charge in [-0.2, -0.15) is 0 Å². The summed E-state index contributed by atoms with van der Waals surface area (Å²) in [5.41, 5.74) is 7.79. The molecule has 0 radical (unpaired) electrons. The zero-order chi connectivity index (χ0) is 21.9. The zero-order valence-electron chi connectivity index (χ0n) is 17.5. The van der Waals surface area contributed by atoms with Crippen molar-refractivity contribution in [2.24, 2.45) is 0 Å². The first-order valence-corrected chi connectivity index (χ1v) is 10.2. The molecule has 6 heteroatoms. The van der Waals surface area contributed by atoms with Gasteiger partial charge in [0.1, 0.15) is 11.5 Å². The Morgan fingerprint density at radius 3 is 2.35 bits per heavy atom. The predicted octanol–water partition coefficient (Wildman–Crippen LogP) is 4.05. The highest BCUT2D eigenvalue weighted by atomic mass is 16.5. The van der Waals surface area contributed by atoms with Gasteiger partial charge in [-0.25, -0.2) is 0 Å². The van der Waals surface area contributed by atoms with Gasteiger partial charge in [0.25, 0.3) is 5.91 Å². The van der Waals surface area contributed by atoms with Crippen LogP contribution < -0.4 is 20.3 Å². The standard InChI is InChI=1S/C25H26N2O4/c1-19-9-7-12-21(17-19)30-16-8-15-24(28)26-27-25(29)18-31-23-14-6-5-13-22(23)20-10-3-2-4-11-20/h2-7,9-14,17H,8,15-16,18H2,1H3,(H,26,28)(H,27,29). The third kappa shape index (κ3) is 7.19. The summed E-state index contributed by atoms with van der Waals surface area (Å²) in [4.78, 5) is 23.9. The van der Waals surface area contributed by atoms with Crippen molar-refractivity contribution in [3.8, 4) is 22.6 Å². The summed E-state index contributed by atoms with van der Waals surface area (Å²) in [6.45, 7) is 2.21. The average molecular weight is 418 g/mol. The van der Waals surface area contributed by atoms with Gasteiger partial charge < -0.3 is 9.47 Å². The largest absolute Gasteiger partial charge is 0.494 e. The Balaban J connectivity index is 1.36. The fraction of sp³-hybridized carbons (Fsp3) is 0.200. The van der Waals surface area contributed by atoms with Crippen LogP contribution in [0.15, 0.2) is 78.9 Å². The van der Waals surface area contributed by atoms with Crippen molar-refractivity contribution in [3.63, 3.8) is 0 Å². The molecule has 0 unspecified atom stereocenters. The third-order valence-electron chi connectivity index (χ3n) is 4.48. The Labute approximate surface area is 182 Å². The molecule has 0 bridgehead atoms. The first kappa shape index (κ1) is 21.9. The van der Waals surface area contributed by atoms with Crippen LogP contribution >= 0.6 is 0 Å². The normalized spacial score (nSPS) is 10.2. The molecule has 0 spiro atoms. The summed E-state index contributed by atoms with van der Waals surface area (Å²) in [6, 6.07) is 25.0. The summed E-state index contributed by atoms with van der Waals surface area (Å²) >= 11 is 0. The second-order valence-electron chi connectivity index (χ2n) is 7.02. The molecule has 6 nitrogen and oxygen atoms in total. The minimum Gasteiger partial charge on any atom is -0.494 e. The molecule has 0 heterocycles. The van der Waals surface area contributed by atoms with Gasteiger partial charge in [0, 0.05) is 12.0 Å². The van der Waals surface area contributed by atoms with E-state index in [2.05, 4.69) is 10.9 Å². The molecule has 3 aromatic carbocycles. The van der Waals surface area contributed by atoms with E-state index in [9.17, 15) is 9.59 Å². The Morgan fingerprint density at radius 1 is 0.806 bits per heavy atom. The number of para-hydroxylation sites is 1. The molecule has 0 aliphatic rings. The number of aryl methyl sites for hydroxylation is 1. The van der Waals surface area contributed by atoms with Crippen LogP contribution in [0.1, 0.15) is 18.4 Å². The number of carbonyl (C=O) groups is 2. The number of nitrogens with one attached hydrogen (secondary N) is 2. The van der Waals surface area contributed by atoms with Gasteiger partial charge in [-0.3, -0.25) is 20.4 Å². The van der Waals surface area contributed by atoms with Crippen molar-refractivity contribution in [1.82, 2.24) is 10.9 Å². The molecule has 0 fully saturated rings. The average Bonchev–Trinajstić information content (AvgIpc) is 2.80. The molecule has 31 heavy (non-hydrogen) atoms. The van der Waals surface area contributed by atoms with Gasteiger partial charge in [-0.1, -0.05) is 60.7 Å². The van der Waals surface area contributed by atoms with Crippen LogP contribution in [0.5, 0.6) is 11.5 Å². The molecule has 2 amide bonds. The molecule has 0 atom stereocenters. The van der Waals surface area contributed by atoms with Crippen LogP contribution in [0.2, 0.25) is 0 Å². The van der Waals surface area contributed by atoms with Crippen LogP contribution in [-0.2, 0) is 9.59 Å². The van der Waals surface area contributed by atoms with Gasteiger partial charge in [-0.05, 0) is 42.7 Å². The molecular weight excluding hydrogens is 392 g/mol. The first-order valence-electron chi connectivity index (χ1n) is 10.2. The molecule has 2 N–H and O–H groups in total. The van der Waals surface area contributed by atoms with E-state index in [1.165, 1.54) is 0 Å². The monoisotopic (exact) mass is 418 g/mol. The van der Waals surface area contributed by atoms with Gasteiger partial charge >= 0.3 is 0 Å². The van der Waals surface area contributed by atoms with Gasteiger partial charge in [0.05, 0.1) is 6.61 Å². The topological polar surface area (TPSA) is 76.7 Å². The second-order valence-corrected chi connectivity index (χ2v) is 7.02. The lowest BCUT2D eigenvalue weighted by molar-refractivity contribution is -0.130. The minimum absolute atomic E-state index is 0.208. The van der Waals surface area contributed by atoms with Crippen molar-refractivity contribution >= 4 is 11.8 Å². The Kier molecular flexibility index (Phi) is 8.05. The van der Waals surface area contributed by atoms with E-state index < -0.39 is 5.91 Å². The van der Waals surface area contributed by atoms with Crippen molar-refractivity contribution in [2.45, 2.75) is 19.8 Å². The number of ether oxygens (including phenoxy) is 2. The minimum atomic E-state index is -0.438. The Hall–Kier alpha value is -3.80. The zero-order valence-corrected chi connectivity index (χ0v) is 17.5. The SMILES string of the molecule is Cc1cccc(OCCCC(=O)NNC(=O)COc2ccccc2-c2ccccc2)c1. The molecule has 0 aliphatic carbocycles. The quantitative estimate of drug-likeness (QED) is 0.406. The van der Waals surface area contributed by atoms with Crippen LogP contribution in [0.3, 0.4) is 0 Å². The number of hydrogen-bond acceptors (Lipinski definition) is 4. The van der Waals surface area contributed by atoms with Crippen molar-refractivity contribution in [2.75, 3.05) is 13.2 Å². The summed E-state index contributed by atoms with van der Waals surface area (Å²) in [7, 11) is 0. The number of hydrazine groups is 1. The lowest BCUT2D eigenvalue weighted by Gasteiger charge is -2.12. The Morgan fingerprint density at radius 2 is 1.55 bits per heavy atom. The van der Waals surface area contributed by atoms with Gasteiger partial charge in [0.15, 0.2) is 6.61 Å². The summed E-state index contributed by atoms with van der Waals surface area (Å²) in [5.74, 6) is 0.656. The summed E-state index contributed by atoms with van der Waals surface area (Å²) < 4.78 is 11.3. The number of rotatable bonds is 9. The van der Waals surface area contributed by atoms with E-state index in [1.807, 2.05) is 85.8 Å². The lowest BCUT2D eigenvalue weighted by Crippen LogP contribution is -2.43. The Bertz CT molecular complexity index is 1010. The highest BCUT2D eigenvalue weighted by Gasteiger charge is 2.09. The molecular formula is C25H26N2O4. The van der Waals surface area contributed by atoms with Gasteiger partial charge in [0.2, 0.25) is 5.91 Å². The number of benzene rings is 3. The molecule has 0 aromatic heterocycles. The molecule has 0 aliphatic heterocycles. The van der Waals surface area contributed by atoms with Crippen LogP contribution in [0.25, 0.3) is 11.1 Å². The van der Waals surface area contributed by atoms with E-state index in [-0.39, 0.29) is 18.9 Å². The second kappa shape index (κ2) is 11.4. The summed E-state index contributed by atoms with van der Waals surface area (Å²) in [5, 5.41) is 0. The fourth-order valence-electron chi connectivity index (χ4n) is 2.96. The van der Waals surface area contributed by atoms with E-state index in [1.54, 1.807) is 0 Å².